The van der Waals surface area contributed by atoms with Crippen molar-refractivity contribution in [3.63, 3.8) is 0 Å². The first-order valence-electron chi connectivity index (χ1n) is 13.4. The van der Waals surface area contributed by atoms with Gasteiger partial charge in [-0.1, -0.05) is 6.07 Å². The molecule has 1 aromatic rings. The number of amides is 1. The lowest BCUT2D eigenvalue weighted by Gasteiger charge is -2.74. The minimum atomic E-state index is -0.923. The molecule has 7 aliphatic rings. The number of rotatable bonds is 7. The lowest BCUT2D eigenvalue weighted by atomic mass is 9.35. The van der Waals surface area contributed by atoms with Crippen LogP contribution in [0.5, 0.6) is 11.5 Å². The molecule has 5 fully saturated rings. The average Bonchev–Trinajstić information content (AvgIpc) is 3.61. The molecule has 8 nitrogen and oxygen atoms in total. The number of aliphatic hydroxyl groups is 1. The quantitative estimate of drug-likeness (QED) is 0.458. The van der Waals surface area contributed by atoms with Crippen molar-refractivity contribution in [3.05, 3.63) is 23.3 Å². The molecular formula is C27H37N3O5. The van der Waals surface area contributed by atoms with E-state index in [0.717, 1.165) is 44.6 Å². The molecule has 8 heteroatoms. The molecule has 2 spiro atoms. The van der Waals surface area contributed by atoms with Gasteiger partial charge in [-0.05, 0) is 69.0 Å². The SMILES string of the molecule is COC12CC[C@@]3(CC1CNC(=O)[C@@H](N)CO)[C@H]1Cc4ccc(O)c5c4[C@@]3(CCN1CC1CC1)C2O5. The molecule has 0 aromatic heterocycles. The van der Waals surface area contributed by atoms with Gasteiger partial charge in [0.05, 0.1) is 6.61 Å². The van der Waals surface area contributed by atoms with Crippen LogP contribution in [0.3, 0.4) is 0 Å². The average molecular weight is 484 g/mol. The van der Waals surface area contributed by atoms with Crippen molar-refractivity contribution in [1.82, 2.24) is 10.2 Å². The van der Waals surface area contributed by atoms with Crippen LogP contribution in [0.1, 0.15) is 49.7 Å². The Morgan fingerprint density at radius 1 is 1.34 bits per heavy atom. The van der Waals surface area contributed by atoms with Crippen molar-refractivity contribution in [3.8, 4) is 11.5 Å². The fourth-order valence-electron chi connectivity index (χ4n) is 9.23. The van der Waals surface area contributed by atoms with Crippen LogP contribution in [0, 0.1) is 17.3 Å². The third-order valence-electron chi connectivity index (χ3n) is 10.9. The van der Waals surface area contributed by atoms with E-state index in [0.29, 0.717) is 18.3 Å². The van der Waals surface area contributed by atoms with E-state index in [4.69, 9.17) is 15.2 Å². The number of nitrogens with two attached hydrogens (primary N) is 1. The molecule has 4 bridgehead atoms. The Morgan fingerprint density at radius 2 is 2.17 bits per heavy atom. The van der Waals surface area contributed by atoms with Crippen LogP contribution in [-0.4, -0.2) is 78.2 Å². The number of aromatic hydroxyl groups is 1. The van der Waals surface area contributed by atoms with Crippen LogP contribution in [0.15, 0.2) is 12.1 Å². The van der Waals surface area contributed by atoms with Crippen molar-refractivity contribution >= 4 is 5.91 Å². The number of hydrogen-bond acceptors (Lipinski definition) is 7. The Bertz CT molecular complexity index is 1080. The van der Waals surface area contributed by atoms with Crippen molar-refractivity contribution < 1.29 is 24.5 Å². The number of hydrogen-bond donors (Lipinski definition) is 4. The molecule has 5 N–H and O–H groups in total. The monoisotopic (exact) mass is 483 g/mol. The van der Waals surface area contributed by atoms with Gasteiger partial charge >= 0.3 is 0 Å². The molecule has 1 saturated heterocycles. The number of ether oxygens (including phenoxy) is 2. The van der Waals surface area contributed by atoms with Gasteiger partial charge in [-0.3, -0.25) is 9.69 Å². The smallest absolute Gasteiger partial charge is 0.239 e. The first-order chi connectivity index (χ1) is 16.9. The molecule has 2 heterocycles. The summed E-state index contributed by atoms with van der Waals surface area (Å²) >= 11 is 0. The van der Waals surface area contributed by atoms with Crippen LogP contribution < -0.4 is 15.8 Å². The Morgan fingerprint density at radius 3 is 2.91 bits per heavy atom. The molecule has 0 radical (unpaired) electrons. The highest BCUT2D eigenvalue weighted by Crippen LogP contribution is 2.76. The maximum absolute atomic E-state index is 12.5. The van der Waals surface area contributed by atoms with Crippen molar-refractivity contribution in [2.24, 2.45) is 23.0 Å². The maximum Gasteiger partial charge on any atom is 0.239 e. The van der Waals surface area contributed by atoms with Gasteiger partial charge in [0.25, 0.3) is 0 Å². The Hall–Kier alpha value is -1.87. The predicted molar refractivity (Wildman–Crippen MR) is 128 cm³/mol. The van der Waals surface area contributed by atoms with E-state index in [-0.39, 0.29) is 41.1 Å². The molecule has 4 saturated carbocycles. The number of phenols is 1. The van der Waals surface area contributed by atoms with E-state index < -0.39 is 11.6 Å². The minimum absolute atomic E-state index is 0.0195. The van der Waals surface area contributed by atoms with Gasteiger partial charge in [0.15, 0.2) is 11.5 Å². The first kappa shape index (κ1) is 22.3. The van der Waals surface area contributed by atoms with E-state index in [1.165, 1.54) is 30.5 Å². The summed E-state index contributed by atoms with van der Waals surface area (Å²) in [5.41, 5.74) is 7.65. The summed E-state index contributed by atoms with van der Waals surface area (Å²) < 4.78 is 13.2. The number of nitrogens with zero attached hydrogens (tertiary/aromatic N) is 1. The van der Waals surface area contributed by atoms with E-state index in [1.807, 2.05) is 0 Å². The summed E-state index contributed by atoms with van der Waals surface area (Å²) in [5, 5.41) is 23.2. The van der Waals surface area contributed by atoms with Gasteiger partial charge in [0.1, 0.15) is 17.7 Å². The first-order valence-corrected chi connectivity index (χ1v) is 13.4. The second-order valence-electron chi connectivity index (χ2n) is 12.1. The van der Waals surface area contributed by atoms with E-state index in [9.17, 15) is 15.0 Å². The van der Waals surface area contributed by atoms with Crippen LogP contribution in [0.4, 0.5) is 0 Å². The molecule has 5 aliphatic carbocycles. The number of benzene rings is 1. The lowest BCUT2D eigenvalue weighted by Crippen LogP contribution is -2.81. The minimum Gasteiger partial charge on any atom is -0.504 e. The largest absolute Gasteiger partial charge is 0.504 e. The summed E-state index contributed by atoms with van der Waals surface area (Å²) in [6, 6.07) is 3.43. The molecule has 190 valence electrons. The fraction of sp³-hybridized carbons (Fsp3) is 0.741. The highest BCUT2D eigenvalue weighted by atomic mass is 16.6. The van der Waals surface area contributed by atoms with Gasteiger partial charge in [0, 0.05) is 48.6 Å². The topological polar surface area (TPSA) is 117 Å². The van der Waals surface area contributed by atoms with E-state index >= 15 is 0 Å². The highest BCUT2D eigenvalue weighted by Gasteiger charge is 2.80. The lowest BCUT2D eigenvalue weighted by molar-refractivity contribution is -0.276. The van der Waals surface area contributed by atoms with Crippen LogP contribution in [0.25, 0.3) is 0 Å². The molecule has 8 rings (SSSR count). The van der Waals surface area contributed by atoms with Gasteiger partial charge < -0.3 is 30.7 Å². The van der Waals surface area contributed by atoms with Gasteiger partial charge in [-0.2, -0.15) is 0 Å². The number of phenolic OH excluding ortho intramolecular Hbond substituents is 1. The molecule has 1 aromatic carbocycles. The standard InChI is InChI=1S/C27H37N3O5/c1-34-27-7-6-25(11-17(27)12-29-23(33)18(28)14-31)20-10-16-4-5-19(32)22-21(16)26(25,24(27)35-22)8-9-30(20)13-15-2-3-15/h4-5,15,17-18,20,24,31-32H,2-3,6-14,28H2,1H3,(H,29,33)/t17?,18-,20+,24?,25+,26-,27?/m0/s1. The second kappa shape index (κ2) is 7.34. The molecule has 3 unspecified atom stereocenters. The number of aliphatic hydroxyl groups excluding tert-OH is 1. The maximum atomic E-state index is 12.5. The van der Waals surface area contributed by atoms with Gasteiger partial charge in [0.2, 0.25) is 5.91 Å². The van der Waals surface area contributed by atoms with Crippen LogP contribution in [0.2, 0.25) is 0 Å². The highest BCUT2D eigenvalue weighted by molar-refractivity contribution is 5.81. The Labute approximate surface area is 206 Å². The number of methoxy groups -OCH3 is 1. The van der Waals surface area contributed by atoms with Crippen LogP contribution in [-0.2, 0) is 21.4 Å². The third kappa shape index (κ3) is 2.64. The predicted octanol–water partition coefficient (Wildman–Crippen LogP) is 1.05. The number of fused-ring (bicyclic) bond motifs is 2. The van der Waals surface area contributed by atoms with Crippen LogP contribution >= 0.6 is 0 Å². The zero-order valence-corrected chi connectivity index (χ0v) is 20.5. The molecule has 7 atom stereocenters. The number of carbonyl (C=O) groups excluding carboxylic acids is 1. The summed E-state index contributed by atoms with van der Waals surface area (Å²) in [5.74, 6) is 1.46. The molecule has 2 aliphatic heterocycles. The molecule has 35 heavy (non-hydrogen) atoms. The molecule has 1 amide bonds. The second-order valence-corrected chi connectivity index (χ2v) is 12.1. The van der Waals surface area contributed by atoms with Crippen molar-refractivity contribution in [2.45, 2.75) is 74.1 Å². The molecular weight excluding hydrogens is 446 g/mol. The zero-order chi connectivity index (χ0) is 24.2. The summed E-state index contributed by atoms with van der Waals surface area (Å²) in [6.07, 6.45) is 7.40. The summed E-state index contributed by atoms with van der Waals surface area (Å²) in [4.78, 5) is 15.3. The van der Waals surface area contributed by atoms with E-state index in [2.05, 4.69) is 16.3 Å². The van der Waals surface area contributed by atoms with Crippen molar-refractivity contribution in [2.75, 3.05) is 33.4 Å². The van der Waals surface area contributed by atoms with E-state index in [1.54, 1.807) is 13.2 Å². The van der Waals surface area contributed by atoms with Crippen molar-refractivity contribution in [1.29, 1.82) is 0 Å². The number of carbonyl (C=O) groups is 1. The Balaban J connectivity index is 1.34. The Kier molecular flexibility index (Phi) is 4.68. The summed E-state index contributed by atoms with van der Waals surface area (Å²) in [7, 11) is 1.78. The zero-order valence-electron chi connectivity index (χ0n) is 20.5. The third-order valence-corrected chi connectivity index (χ3v) is 10.9. The van der Waals surface area contributed by atoms with Gasteiger partial charge in [-0.15, -0.1) is 0 Å². The number of piperidine rings is 1. The number of likely N-dealkylation sites (tertiary alicyclic amines) is 1. The van der Waals surface area contributed by atoms with Gasteiger partial charge in [-0.25, -0.2) is 0 Å². The summed E-state index contributed by atoms with van der Waals surface area (Å²) in [6.45, 7) is 2.31. The normalized spacial score (nSPS) is 41.3. The fourth-order valence-corrected chi connectivity index (χ4v) is 9.23. The number of nitrogens with one attached hydrogen (secondary N) is 1.